The highest BCUT2D eigenvalue weighted by atomic mass is 16.5. The fourth-order valence-electron chi connectivity index (χ4n) is 0.641. The molecule has 1 aromatic heterocycles. The highest BCUT2D eigenvalue weighted by Gasteiger charge is 2.20. The lowest BCUT2D eigenvalue weighted by Crippen LogP contribution is -2.21. The van der Waals surface area contributed by atoms with Crippen molar-refractivity contribution in [1.82, 2.24) is 10.4 Å². The first-order valence-electron chi connectivity index (χ1n) is 2.90. The fourth-order valence-corrected chi connectivity index (χ4v) is 0.641. The largest absolute Gasteiger partial charge is 0.480 e. The zero-order valence-corrected chi connectivity index (χ0v) is 5.81. The predicted octanol–water partition coefficient (Wildman–Crippen LogP) is -0.538. The maximum atomic E-state index is 10.3. The van der Waals surface area contributed by atoms with Crippen molar-refractivity contribution < 1.29 is 14.4 Å². The van der Waals surface area contributed by atoms with E-state index in [1.165, 1.54) is 0 Å². The van der Waals surface area contributed by atoms with Gasteiger partial charge >= 0.3 is 5.97 Å². The highest BCUT2D eigenvalue weighted by molar-refractivity contribution is 5.74. The Morgan fingerprint density at radius 1 is 1.82 bits per heavy atom. The summed E-state index contributed by atoms with van der Waals surface area (Å²) in [6.45, 7) is 1.55. The Bertz CT molecular complexity index is 270. The van der Waals surface area contributed by atoms with E-state index in [-0.39, 0.29) is 5.69 Å². The molecule has 0 aliphatic heterocycles. The molecule has 0 aromatic carbocycles. The van der Waals surface area contributed by atoms with Crippen molar-refractivity contribution in [3.63, 3.8) is 0 Å². The minimum atomic E-state index is -1.15. The van der Waals surface area contributed by atoms with E-state index in [0.717, 1.165) is 0 Å². The maximum Gasteiger partial charge on any atom is 0.326 e. The van der Waals surface area contributed by atoms with Crippen LogP contribution in [0, 0.1) is 6.92 Å². The second-order valence-corrected chi connectivity index (χ2v) is 2.03. The van der Waals surface area contributed by atoms with Gasteiger partial charge in [0.25, 0.3) is 0 Å². The summed E-state index contributed by atoms with van der Waals surface area (Å²) in [7, 11) is 0. The number of rotatable bonds is 2. The van der Waals surface area contributed by atoms with Gasteiger partial charge in [0.1, 0.15) is 5.69 Å². The van der Waals surface area contributed by atoms with Gasteiger partial charge in [-0.25, -0.2) is 0 Å². The molecular weight excluding hydrogens is 150 g/mol. The van der Waals surface area contributed by atoms with E-state index in [9.17, 15) is 4.79 Å². The molecule has 6 heteroatoms. The van der Waals surface area contributed by atoms with Crippen LogP contribution in [0.15, 0.2) is 4.52 Å². The molecule has 0 fully saturated rings. The molecule has 1 atom stereocenters. The number of carboxylic acid groups (broad SMARTS) is 1. The third kappa shape index (κ3) is 1.35. The molecule has 0 amide bonds. The first-order valence-corrected chi connectivity index (χ1v) is 2.90. The number of aliphatic carboxylic acids is 1. The maximum absolute atomic E-state index is 10.3. The summed E-state index contributed by atoms with van der Waals surface area (Å²) in [5.41, 5.74) is 5.39. The Morgan fingerprint density at radius 2 is 2.45 bits per heavy atom. The molecule has 0 saturated heterocycles. The van der Waals surface area contributed by atoms with Crippen LogP contribution in [0.25, 0.3) is 0 Å². The molecule has 1 rings (SSSR count). The molecule has 6 nitrogen and oxygen atoms in total. The number of carboxylic acids is 1. The lowest BCUT2D eigenvalue weighted by molar-refractivity contribution is -0.138. The van der Waals surface area contributed by atoms with Crippen LogP contribution in [0.5, 0.6) is 0 Å². The zero-order chi connectivity index (χ0) is 8.43. The number of nitrogens with zero attached hydrogens (tertiary/aromatic N) is 2. The van der Waals surface area contributed by atoms with Crippen LogP contribution < -0.4 is 5.73 Å². The Hall–Kier alpha value is -1.43. The monoisotopic (exact) mass is 157 g/mol. The van der Waals surface area contributed by atoms with Crippen LogP contribution in [0.3, 0.4) is 0 Å². The van der Waals surface area contributed by atoms with E-state index in [0.29, 0.717) is 5.76 Å². The number of hydrogen-bond donors (Lipinski definition) is 2. The first-order chi connectivity index (χ1) is 5.13. The second-order valence-electron chi connectivity index (χ2n) is 2.03. The normalized spacial score (nSPS) is 12.9. The van der Waals surface area contributed by atoms with Crippen LogP contribution in [-0.4, -0.2) is 21.4 Å². The molecule has 0 aliphatic carbocycles. The minimum Gasteiger partial charge on any atom is -0.480 e. The molecule has 1 heterocycles. The van der Waals surface area contributed by atoms with E-state index in [4.69, 9.17) is 10.8 Å². The highest BCUT2D eigenvalue weighted by Crippen LogP contribution is 2.10. The van der Waals surface area contributed by atoms with Crippen LogP contribution in [-0.2, 0) is 4.79 Å². The van der Waals surface area contributed by atoms with Crippen molar-refractivity contribution in [3.05, 3.63) is 11.5 Å². The van der Waals surface area contributed by atoms with E-state index in [2.05, 4.69) is 14.9 Å². The predicted molar refractivity (Wildman–Crippen MR) is 33.6 cm³/mol. The molecule has 0 spiro atoms. The topological polar surface area (TPSA) is 102 Å². The van der Waals surface area contributed by atoms with Crippen LogP contribution in [0.1, 0.15) is 17.5 Å². The van der Waals surface area contributed by atoms with Crippen LogP contribution in [0.2, 0.25) is 0 Å². The van der Waals surface area contributed by atoms with Gasteiger partial charge in [-0.15, -0.1) is 5.10 Å². The molecule has 0 saturated carbocycles. The van der Waals surface area contributed by atoms with Crippen LogP contribution >= 0.6 is 0 Å². The zero-order valence-electron chi connectivity index (χ0n) is 5.81. The lowest BCUT2D eigenvalue weighted by Gasteiger charge is -1.99. The summed E-state index contributed by atoms with van der Waals surface area (Å²) in [5.74, 6) is -0.816. The van der Waals surface area contributed by atoms with Gasteiger partial charge in [0.15, 0.2) is 11.8 Å². The Kier molecular flexibility index (Phi) is 1.86. The molecule has 3 N–H and O–H groups in total. The van der Waals surface area contributed by atoms with Gasteiger partial charge in [-0.3, -0.25) is 4.79 Å². The van der Waals surface area contributed by atoms with Gasteiger partial charge in [0.2, 0.25) is 0 Å². The van der Waals surface area contributed by atoms with E-state index in [1.54, 1.807) is 6.92 Å². The number of carbonyl (C=O) groups is 1. The smallest absolute Gasteiger partial charge is 0.326 e. The number of hydrogen-bond acceptors (Lipinski definition) is 5. The summed E-state index contributed by atoms with van der Waals surface area (Å²) in [5, 5.41) is 15.0. The van der Waals surface area contributed by atoms with Gasteiger partial charge < -0.3 is 15.4 Å². The van der Waals surface area contributed by atoms with Crippen molar-refractivity contribution >= 4 is 5.97 Å². The summed E-state index contributed by atoms with van der Waals surface area (Å²) in [4.78, 5) is 10.3. The summed E-state index contributed by atoms with van der Waals surface area (Å²) < 4.78 is 4.53. The van der Waals surface area contributed by atoms with Gasteiger partial charge in [0, 0.05) is 5.27 Å². The molecule has 60 valence electrons. The Labute approximate surface area is 62.0 Å². The molecule has 0 radical (unpaired) electrons. The van der Waals surface area contributed by atoms with Crippen LogP contribution in [0.4, 0.5) is 0 Å². The number of aromatic nitrogens is 2. The summed E-state index contributed by atoms with van der Waals surface area (Å²) in [6, 6.07) is -1.15. The molecule has 1 aromatic rings. The van der Waals surface area contributed by atoms with Gasteiger partial charge in [-0.2, -0.15) is 0 Å². The van der Waals surface area contributed by atoms with Gasteiger partial charge in [0.05, 0.1) is 0 Å². The van der Waals surface area contributed by atoms with Gasteiger partial charge in [-0.05, 0) is 6.92 Å². The third-order valence-electron chi connectivity index (χ3n) is 1.25. The average Bonchev–Trinajstić information content (AvgIpc) is 2.33. The van der Waals surface area contributed by atoms with Gasteiger partial charge in [-0.1, -0.05) is 0 Å². The van der Waals surface area contributed by atoms with E-state index >= 15 is 0 Å². The first kappa shape index (κ1) is 7.67. The second kappa shape index (κ2) is 2.67. The fraction of sp³-hybridized carbons (Fsp3) is 0.400. The SMILES string of the molecule is Cc1onnc1C(N)C(=O)O. The number of nitrogens with two attached hydrogens (primary N) is 1. The molecule has 1 unspecified atom stereocenters. The molecule has 0 bridgehead atoms. The molecule has 11 heavy (non-hydrogen) atoms. The Morgan fingerprint density at radius 3 is 2.82 bits per heavy atom. The number of aryl methyl sites for hydroxylation is 1. The van der Waals surface area contributed by atoms with Crippen molar-refractivity contribution in [3.8, 4) is 0 Å². The minimum absolute atomic E-state index is 0.164. The van der Waals surface area contributed by atoms with Crippen molar-refractivity contribution in [2.24, 2.45) is 5.73 Å². The standard InChI is InChI=1S/C5H7N3O3/c1-2-4(7-8-11-2)3(6)5(9)10/h3H,6H2,1H3,(H,9,10). The quantitative estimate of drug-likeness (QED) is 0.597. The summed E-state index contributed by atoms with van der Waals surface area (Å²) in [6.07, 6.45) is 0. The van der Waals surface area contributed by atoms with Crippen molar-refractivity contribution in [1.29, 1.82) is 0 Å². The Balaban J connectivity index is 2.92. The van der Waals surface area contributed by atoms with Crippen molar-refractivity contribution in [2.75, 3.05) is 0 Å². The third-order valence-corrected chi connectivity index (χ3v) is 1.25. The molecule has 0 aliphatic rings. The summed E-state index contributed by atoms with van der Waals surface area (Å²) >= 11 is 0. The average molecular weight is 157 g/mol. The van der Waals surface area contributed by atoms with E-state index in [1.807, 2.05) is 0 Å². The molecular formula is C5H7N3O3. The van der Waals surface area contributed by atoms with Crippen molar-refractivity contribution in [2.45, 2.75) is 13.0 Å². The van der Waals surface area contributed by atoms with E-state index < -0.39 is 12.0 Å². The lowest BCUT2D eigenvalue weighted by atomic mass is 10.2.